The van der Waals surface area contributed by atoms with Gasteiger partial charge in [-0.15, -0.1) is 0 Å². The Morgan fingerprint density at radius 3 is 2.59 bits per heavy atom. The van der Waals surface area contributed by atoms with E-state index in [0.29, 0.717) is 6.04 Å². The van der Waals surface area contributed by atoms with Crippen LogP contribution in [0.3, 0.4) is 0 Å². The van der Waals surface area contributed by atoms with E-state index in [1.807, 2.05) is 41.0 Å². The van der Waals surface area contributed by atoms with Gasteiger partial charge in [0, 0.05) is 49.9 Å². The van der Waals surface area contributed by atoms with Gasteiger partial charge in [-0.3, -0.25) is 9.48 Å². The Kier molecular flexibility index (Phi) is 3.88. The molecule has 3 heterocycles. The van der Waals surface area contributed by atoms with Crippen LogP contribution in [-0.2, 0) is 19.9 Å². The number of amides is 1. The predicted octanol–water partition coefficient (Wildman–Crippen LogP) is 3.46. The highest BCUT2D eigenvalue weighted by atomic mass is 16.2. The normalized spacial score (nSPS) is 16.9. The Morgan fingerprint density at radius 2 is 1.81 bits per heavy atom. The lowest BCUT2D eigenvalue weighted by Gasteiger charge is -2.21. The fourth-order valence-corrected chi connectivity index (χ4v) is 4.25. The number of aromatic nitrogens is 3. The van der Waals surface area contributed by atoms with E-state index in [-0.39, 0.29) is 5.91 Å². The minimum atomic E-state index is 0.155. The Balaban J connectivity index is 1.41. The highest BCUT2D eigenvalue weighted by Crippen LogP contribution is 2.36. The number of carbonyl (C=O) groups excluding carboxylic acids is 1. The highest BCUT2D eigenvalue weighted by molar-refractivity contribution is 5.93. The molecule has 0 atom stereocenters. The first-order chi connectivity index (χ1) is 13.2. The van der Waals surface area contributed by atoms with Crippen molar-refractivity contribution < 1.29 is 4.79 Å². The summed E-state index contributed by atoms with van der Waals surface area (Å²) in [5.41, 5.74) is 5.62. The van der Waals surface area contributed by atoms with Gasteiger partial charge < -0.3 is 9.47 Å². The summed E-state index contributed by atoms with van der Waals surface area (Å²) in [5, 5.41) is 4.77. The van der Waals surface area contributed by atoms with Gasteiger partial charge in [-0.25, -0.2) is 0 Å². The first kappa shape index (κ1) is 16.4. The highest BCUT2D eigenvalue weighted by Gasteiger charge is 2.30. The second-order valence-corrected chi connectivity index (χ2v) is 7.59. The average Bonchev–Trinajstić information content (AvgIpc) is 3.38. The molecule has 5 heteroatoms. The van der Waals surface area contributed by atoms with E-state index in [0.717, 1.165) is 37.3 Å². The number of rotatable bonds is 3. The zero-order valence-corrected chi connectivity index (χ0v) is 15.6. The monoisotopic (exact) mass is 360 g/mol. The lowest BCUT2D eigenvalue weighted by molar-refractivity contribution is 0.0751. The van der Waals surface area contributed by atoms with Crippen molar-refractivity contribution in [3.63, 3.8) is 0 Å². The molecule has 2 aromatic heterocycles. The summed E-state index contributed by atoms with van der Waals surface area (Å²) in [5.74, 6) is 0.155. The maximum Gasteiger partial charge on any atom is 0.270 e. The van der Waals surface area contributed by atoms with Gasteiger partial charge in [-0.2, -0.15) is 5.10 Å². The molecular weight excluding hydrogens is 336 g/mol. The minimum Gasteiger partial charge on any atom is -0.340 e. The standard InChI is InChI=1S/C22H24N4O/c1-24-21(16-6-3-2-4-7-16)18-11-14-25(15-12-19(18)23-24)22(27)20-8-5-13-26(20)17-9-10-17/h2-8,13,17H,9-12,14-15H2,1H3. The molecule has 1 aromatic carbocycles. The van der Waals surface area contributed by atoms with Gasteiger partial charge in [-0.05, 0) is 31.4 Å². The van der Waals surface area contributed by atoms with Crippen LogP contribution in [0.1, 0.15) is 40.6 Å². The van der Waals surface area contributed by atoms with E-state index in [1.165, 1.54) is 29.7 Å². The van der Waals surface area contributed by atoms with E-state index in [2.05, 4.69) is 28.8 Å². The van der Waals surface area contributed by atoms with Crippen LogP contribution < -0.4 is 0 Å². The van der Waals surface area contributed by atoms with Gasteiger partial charge in [0.1, 0.15) is 5.69 Å². The van der Waals surface area contributed by atoms with Crippen LogP contribution in [0.2, 0.25) is 0 Å². The van der Waals surface area contributed by atoms with Crippen LogP contribution in [0.15, 0.2) is 48.7 Å². The molecule has 1 amide bonds. The molecule has 1 aliphatic heterocycles. The molecule has 5 nitrogen and oxygen atoms in total. The third-order valence-electron chi connectivity index (χ3n) is 5.75. The first-order valence-corrected chi connectivity index (χ1v) is 9.78. The summed E-state index contributed by atoms with van der Waals surface area (Å²) in [6.07, 6.45) is 6.08. The minimum absolute atomic E-state index is 0.155. The second kappa shape index (κ2) is 6.41. The van der Waals surface area contributed by atoms with E-state index in [1.54, 1.807) is 0 Å². The number of benzene rings is 1. The van der Waals surface area contributed by atoms with Gasteiger partial charge in [0.05, 0.1) is 11.4 Å². The van der Waals surface area contributed by atoms with Gasteiger partial charge in [0.25, 0.3) is 5.91 Å². The fourth-order valence-electron chi connectivity index (χ4n) is 4.25. The van der Waals surface area contributed by atoms with Gasteiger partial charge in [-0.1, -0.05) is 30.3 Å². The third kappa shape index (κ3) is 2.87. The largest absolute Gasteiger partial charge is 0.340 e. The lowest BCUT2D eigenvalue weighted by Crippen LogP contribution is -2.34. The third-order valence-corrected chi connectivity index (χ3v) is 5.75. The Morgan fingerprint density at radius 1 is 1.04 bits per heavy atom. The van der Waals surface area contributed by atoms with Crippen LogP contribution in [-0.4, -0.2) is 38.2 Å². The maximum absolute atomic E-state index is 13.1. The van der Waals surface area contributed by atoms with E-state index < -0.39 is 0 Å². The molecular formula is C22H24N4O. The quantitative estimate of drug-likeness (QED) is 0.718. The van der Waals surface area contributed by atoms with Crippen molar-refractivity contribution in [2.24, 2.45) is 7.05 Å². The van der Waals surface area contributed by atoms with Crippen molar-refractivity contribution >= 4 is 5.91 Å². The van der Waals surface area contributed by atoms with Crippen molar-refractivity contribution in [2.45, 2.75) is 31.7 Å². The van der Waals surface area contributed by atoms with Gasteiger partial charge >= 0.3 is 0 Å². The lowest BCUT2D eigenvalue weighted by atomic mass is 10.0. The average molecular weight is 360 g/mol. The zero-order chi connectivity index (χ0) is 18.4. The van der Waals surface area contributed by atoms with Crippen LogP contribution in [0.4, 0.5) is 0 Å². The van der Waals surface area contributed by atoms with Gasteiger partial charge in [0.2, 0.25) is 0 Å². The Bertz CT molecular complexity index is 981. The molecule has 5 rings (SSSR count). The molecule has 1 fully saturated rings. The smallest absolute Gasteiger partial charge is 0.270 e. The van der Waals surface area contributed by atoms with E-state index >= 15 is 0 Å². The summed E-state index contributed by atoms with van der Waals surface area (Å²) in [7, 11) is 2.02. The zero-order valence-electron chi connectivity index (χ0n) is 15.6. The number of carbonyl (C=O) groups is 1. The molecule has 3 aromatic rings. The molecule has 0 saturated heterocycles. The van der Waals surface area contributed by atoms with Crippen LogP contribution in [0.25, 0.3) is 11.3 Å². The number of nitrogens with zero attached hydrogens (tertiary/aromatic N) is 4. The summed E-state index contributed by atoms with van der Waals surface area (Å²) in [6, 6.07) is 14.9. The molecule has 27 heavy (non-hydrogen) atoms. The van der Waals surface area contributed by atoms with Crippen molar-refractivity contribution in [3.8, 4) is 11.3 Å². The van der Waals surface area contributed by atoms with Crippen LogP contribution >= 0.6 is 0 Å². The number of hydrogen-bond donors (Lipinski definition) is 0. The van der Waals surface area contributed by atoms with Crippen molar-refractivity contribution in [2.75, 3.05) is 13.1 Å². The van der Waals surface area contributed by atoms with Crippen LogP contribution in [0, 0.1) is 0 Å². The number of aryl methyl sites for hydroxylation is 1. The van der Waals surface area contributed by atoms with Crippen LogP contribution in [0.5, 0.6) is 0 Å². The van der Waals surface area contributed by atoms with Gasteiger partial charge in [0.15, 0.2) is 0 Å². The molecule has 0 spiro atoms. The molecule has 0 bridgehead atoms. The van der Waals surface area contributed by atoms with Crippen molar-refractivity contribution in [1.82, 2.24) is 19.2 Å². The van der Waals surface area contributed by atoms with E-state index in [9.17, 15) is 4.79 Å². The van der Waals surface area contributed by atoms with Crippen molar-refractivity contribution in [1.29, 1.82) is 0 Å². The van der Waals surface area contributed by atoms with E-state index in [4.69, 9.17) is 5.10 Å². The topological polar surface area (TPSA) is 43.1 Å². The molecule has 0 N–H and O–H groups in total. The Labute approximate surface area is 159 Å². The molecule has 138 valence electrons. The second-order valence-electron chi connectivity index (χ2n) is 7.59. The summed E-state index contributed by atoms with van der Waals surface area (Å²) in [4.78, 5) is 15.1. The molecule has 0 radical (unpaired) electrons. The molecule has 1 aliphatic carbocycles. The number of hydrogen-bond acceptors (Lipinski definition) is 2. The predicted molar refractivity (Wildman–Crippen MR) is 105 cm³/mol. The first-order valence-electron chi connectivity index (χ1n) is 9.78. The SMILES string of the molecule is Cn1nc2c(c1-c1ccccc1)CCN(C(=O)c1cccn1C1CC1)CC2. The Hall–Kier alpha value is -2.82. The fraction of sp³-hybridized carbons (Fsp3) is 0.364. The summed E-state index contributed by atoms with van der Waals surface area (Å²) >= 11 is 0. The summed E-state index contributed by atoms with van der Waals surface area (Å²) in [6.45, 7) is 1.47. The maximum atomic E-state index is 13.1. The van der Waals surface area contributed by atoms with Crippen molar-refractivity contribution in [3.05, 3.63) is 65.6 Å². The molecule has 2 aliphatic rings. The molecule has 0 unspecified atom stereocenters. The summed E-state index contributed by atoms with van der Waals surface area (Å²) < 4.78 is 4.16. The number of fused-ring (bicyclic) bond motifs is 1. The molecule has 1 saturated carbocycles.